The number of benzene rings is 1. The van der Waals surface area contributed by atoms with E-state index in [2.05, 4.69) is 25.7 Å². The summed E-state index contributed by atoms with van der Waals surface area (Å²) in [5, 5.41) is -0.512. The number of halogens is 1. The van der Waals surface area contributed by atoms with Gasteiger partial charge in [-0.2, -0.15) is 0 Å². The lowest BCUT2D eigenvalue weighted by atomic mass is 10.2. The molecule has 0 radical (unpaired) electrons. The van der Waals surface area contributed by atoms with Crippen LogP contribution in [0.25, 0.3) is 0 Å². The Labute approximate surface area is 114 Å². The van der Waals surface area contributed by atoms with Crippen molar-refractivity contribution in [1.29, 1.82) is 0 Å². The summed E-state index contributed by atoms with van der Waals surface area (Å²) < 4.78 is 0. The van der Waals surface area contributed by atoms with Crippen LogP contribution in [-0.4, -0.2) is 36.1 Å². The molecule has 0 aliphatic rings. The maximum absolute atomic E-state index is 10.5. The Balaban J connectivity index is 0.000000360. The smallest absolute Gasteiger partial charge is 0.252 e. The van der Waals surface area contributed by atoms with Crippen molar-refractivity contribution in [3.63, 3.8) is 0 Å². The third-order valence-electron chi connectivity index (χ3n) is 2.62. The third kappa shape index (κ3) is 6.52. The Morgan fingerprint density at radius 2 is 1.56 bits per heavy atom. The normalized spacial score (nSPS) is 9.61. The van der Waals surface area contributed by atoms with Gasteiger partial charge in [-0.25, -0.2) is 0 Å². The number of hydrogen-bond donors (Lipinski definition) is 0. The minimum Gasteiger partial charge on any atom is -0.304 e. The van der Waals surface area contributed by atoms with Gasteiger partial charge in [-0.15, -0.1) is 0 Å². The Morgan fingerprint density at radius 3 is 1.78 bits per heavy atom. The Bertz CT molecular complexity index is 353. The first-order valence-corrected chi connectivity index (χ1v) is 6.44. The predicted molar refractivity (Wildman–Crippen MR) is 75.5 cm³/mol. The zero-order chi connectivity index (χ0) is 14.0. The van der Waals surface area contributed by atoms with Crippen molar-refractivity contribution in [3.8, 4) is 0 Å². The van der Waals surface area contributed by atoms with Gasteiger partial charge in [-0.3, -0.25) is 9.59 Å². The summed E-state index contributed by atoms with van der Waals surface area (Å²) in [5.74, 6) is 0. The second-order valence-corrected chi connectivity index (χ2v) is 3.98. The minimum absolute atomic E-state index is 0.400. The van der Waals surface area contributed by atoms with Gasteiger partial charge in [0.05, 0.1) is 0 Å². The standard InChI is InChI=1S/C8H5ClO2.C6H15N/c9-8(11)7-3-1-6(5-10)2-4-7;1-4-7(5-2)6-3/h1-5H;4-6H2,1-3H3. The van der Waals surface area contributed by atoms with Crippen molar-refractivity contribution >= 4 is 23.1 Å². The van der Waals surface area contributed by atoms with E-state index in [1.165, 1.54) is 31.8 Å². The van der Waals surface area contributed by atoms with E-state index in [-0.39, 0.29) is 0 Å². The number of aldehydes is 1. The van der Waals surface area contributed by atoms with E-state index in [0.29, 0.717) is 17.4 Å². The number of rotatable bonds is 5. The average Bonchev–Trinajstić information content (AvgIpc) is 2.41. The molecule has 0 aliphatic heterocycles. The molecule has 0 amide bonds. The molecule has 0 atom stereocenters. The molecule has 0 N–H and O–H groups in total. The molecule has 100 valence electrons. The van der Waals surface area contributed by atoms with Gasteiger partial charge in [0.25, 0.3) is 5.24 Å². The van der Waals surface area contributed by atoms with E-state index in [1.54, 1.807) is 12.1 Å². The van der Waals surface area contributed by atoms with Crippen molar-refractivity contribution in [1.82, 2.24) is 4.90 Å². The number of carbonyl (C=O) groups is 2. The molecule has 0 aliphatic carbocycles. The van der Waals surface area contributed by atoms with E-state index in [0.717, 1.165) is 0 Å². The average molecular weight is 270 g/mol. The predicted octanol–water partition coefficient (Wildman–Crippen LogP) is 3.23. The van der Waals surface area contributed by atoms with Crippen molar-refractivity contribution in [2.24, 2.45) is 0 Å². The van der Waals surface area contributed by atoms with E-state index < -0.39 is 5.24 Å². The highest BCUT2D eigenvalue weighted by Gasteiger charge is 1.99. The van der Waals surface area contributed by atoms with Gasteiger partial charge in [0, 0.05) is 11.1 Å². The molecule has 0 unspecified atom stereocenters. The molecule has 18 heavy (non-hydrogen) atoms. The molecule has 3 nitrogen and oxygen atoms in total. The zero-order valence-corrected chi connectivity index (χ0v) is 11.9. The quantitative estimate of drug-likeness (QED) is 0.608. The number of hydrogen-bond acceptors (Lipinski definition) is 3. The maximum atomic E-state index is 10.5. The van der Waals surface area contributed by atoms with Crippen LogP contribution in [0.2, 0.25) is 0 Å². The fourth-order valence-corrected chi connectivity index (χ4v) is 1.49. The molecule has 0 bridgehead atoms. The topological polar surface area (TPSA) is 37.4 Å². The van der Waals surface area contributed by atoms with E-state index in [1.807, 2.05) is 0 Å². The molecule has 0 saturated heterocycles. The molecule has 1 aromatic carbocycles. The van der Waals surface area contributed by atoms with E-state index in [4.69, 9.17) is 11.6 Å². The Kier molecular flexibility index (Phi) is 9.15. The highest BCUT2D eigenvalue weighted by atomic mass is 35.5. The summed E-state index contributed by atoms with van der Waals surface area (Å²) in [6.45, 7) is 10.1. The molecule has 0 aromatic heterocycles. The third-order valence-corrected chi connectivity index (χ3v) is 2.83. The van der Waals surface area contributed by atoms with Gasteiger partial charge in [0.2, 0.25) is 0 Å². The Hall–Kier alpha value is -1.19. The van der Waals surface area contributed by atoms with Crippen molar-refractivity contribution in [2.75, 3.05) is 19.6 Å². The number of nitrogens with zero attached hydrogens (tertiary/aromatic N) is 1. The molecule has 0 fully saturated rings. The molecule has 1 aromatic rings. The van der Waals surface area contributed by atoms with Crippen LogP contribution in [0.3, 0.4) is 0 Å². The van der Waals surface area contributed by atoms with Gasteiger partial charge in [0.15, 0.2) is 0 Å². The van der Waals surface area contributed by atoms with Crippen molar-refractivity contribution < 1.29 is 9.59 Å². The van der Waals surface area contributed by atoms with Gasteiger partial charge >= 0.3 is 0 Å². The fourth-order valence-electron chi connectivity index (χ4n) is 1.36. The molecule has 1 rings (SSSR count). The number of carbonyl (C=O) groups excluding carboxylic acids is 2. The lowest BCUT2D eigenvalue weighted by Gasteiger charge is -2.13. The summed E-state index contributed by atoms with van der Waals surface area (Å²) in [6, 6.07) is 6.11. The van der Waals surface area contributed by atoms with Crippen LogP contribution in [0.15, 0.2) is 24.3 Å². The van der Waals surface area contributed by atoms with Crippen molar-refractivity contribution in [2.45, 2.75) is 20.8 Å². The second-order valence-electron chi connectivity index (χ2n) is 3.63. The summed E-state index contributed by atoms with van der Waals surface area (Å²) in [4.78, 5) is 23.1. The summed E-state index contributed by atoms with van der Waals surface area (Å²) >= 11 is 5.17. The minimum atomic E-state index is -0.512. The van der Waals surface area contributed by atoms with Gasteiger partial charge in [-0.1, -0.05) is 32.9 Å². The van der Waals surface area contributed by atoms with Crippen LogP contribution in [0.5, 0.6) is 0 Å². The van der Waals surface area contributed by atoms with Gasteiger partial charge in [0.1, 0.15) is 6.29 Å². The molecular formula is C14H20ClNO2. The molecule has 0 heterocycles. The van der Waals surface area contributed by atoms with Crippen LogP contribution >= 0.6 is 11.6 Å². The molecule has 4 heteroatoms. The largest absolute Gasteiger partial charge is 0.304 e. The lowest BCUT2D eigenvalue weighted by molar-refractivity contribution is 0.107. The van der Waals surface area contributed by atoms with Crippen LogP contribution in [0.1, 0.15) is 41.5 Å². The summed E-state index contributed by atoms with van der Waals surface area (Å²) in [5.41, 5.74) is 0.934. The van der Waals surface area contributed by atoms with Gasteiger partial charge < -0.3 is 4.90 Å². The Morgan fingerprint density at radius 1 is 1.11 bits per heavy atom. The zero-order valence-electron chi connectivity index (χ0n) is 11.1. The summed E-state index contributed by atoms with van der Waals surface area (Å²) in [7, 11) is 0. The highest BCUT2D eigenvalue weighted by Crippen LogP contribution is 2.04. The first-order chi connectivity index (χ1) is 8.58. The lowest BCUT2D eigenvalue weighted by Crippen LogP contribution is -2.21. The fraction of sp³-hybridized carbons (Fsp3) is 0.429. The van der Waals surface area contributed by atoms with E-state index in [9.17, 15) is 9.59 Å². The highest BCUT2D eigenvalue weighted by molar-refractivity contribution is 6.67. The molecule has 0 saturated carbocycles. The molecular weight excluding hydrogens is 250 g/mol. The monoisotopic (exact) mass is 269 g/mol. The maximum Gasteiger partial charge on any atom is 0.252 e. The van der Waals surface area contributed by atoms with Crippen molar-refractivity contribution in [3.05, 3.63) is 35.4 Å². The molecule has 0 spiro atoms. The van der Waals surface area contributed by atoms with Crippen LogP contribution in [0, 0.1) is 0 Å². The second kappa shape index (κ2) is 9.80. The first-order valence-electron chi connectivity index (χ1n) is 6.06. The SMILES string of the molecule is CCN(CC)CC.O=Cc1ccc(C(=O)Cl)cc1. The van der Waals surface area contributed by atoms with E-state index >= 15 is 0 Å². The first kappa shape index (κ1) is 16.8. The summed E-state index contributed by atoms with van der Waals surface area (Å²) in [6.07, 6.45) is 0.711. The van der Waals surface area contributed by atoms with Gasteiger partial charge in [-0.05, 0) is 43.4 Å². The van der Waals surface area contributed by atoms with Crippen LogP contribution in [0.4, 0.5) is 0 Å². The van der Waals surface area contributed by atoms with Crippen LogP contribution in [-0.2, 0) is 0 Å². The van der Waals surface area contributed by atoms with Crippen LogP contribution < -0.4 is 0 Å².